The quantitative estimate of drug-likeness (QED) is 0.498. The maximum absolute atomic E-state index is 12.8. The molecule has 0 unspecified atom stereocenters. The molecule has 2 aromatic heterocycles. The fourth-order valence-electron chi connectivity index (χ4n) is 3.83. The van der Waals surface area contributed by atoms with E-state index in [4.69, 9.17) is 5.73 Å². The second kappa shape index (κ2) is 8.33. The van der Waals surface area contributed by atoms with Gasteiger partial charge in [-0.1, -0.05) is 18.9 Å². The number of aromatic nitrogens is 5. The maximum Gasteiger partial charge on any atom is 0.240 e. The van der Waals surface area contributed by atoms with Gasteiger partial charge in [0.1, 0.15) is 12.7 Å². The van der Waals surface area contributed by atoms with Gasteiger partial charge in [-0.25, -0.2) is 28.1 Å². The summed E-state index contributed by atoms with van der Waals surface area (Å²) in [5.41, 5.74) is 7.08. The lowest BCUT2D eigenvalue weighted by molar-refractivity contribution is 0.0405. The van der Waals surface area contributed by atoms with E-state index < -0.39 is 15.6 Å². The fraction of sp³-hybridized carbons (Fsp3) is 0.400. The van der Waals surface area contributed by atoms with Crippen molar-refractivity contribution in [1.29, 1.82) is 0 Å². The van der Waals surface area contributed by atoms with E-state index in [0.29, 0.717) is 36.3 Å². The lowest BCUT2D eigenvalue weighted by atomic mass is 9.98. The topological polar surface area (TPSA) is 149 Å². The fourth-order valence-corrected chi connectivity index (χ4v) is 4.89. The molecule has 1 aliphatic rings. The molecule has 1 aromatic carbocycles. The Hall–Kier alpha value is -2.89. The minimum atomic E-state index is -3.75. The predicted molar refractivity (Wildman–Crippen MR) is 115 cm³/mol. The summed E-state index contributed by atoms with van der Waals surface area (Å²) in [5.74, 6) is 0.493. The second-order valence-electron chi connectivity index (χ2n) is 7.86. The molecule has 0 amide bonds. The van der Waals surface area contributed by atoms with Gasteiger partial charge in [-0.3, -0.25) is 0 Å². The molecule has 1 saturated carbocycles. The number of sulfonamides is 1. The van der Waals surface area contributed by atoms with Crippen molar-refractivity contribution in [3.05, 3.63) is 42.6 Å². The van der Waals surface area contributed by atoms with E-state index >= 15 is 0 Å². The highest BCUT2D eigenvalue weighted by Gasteiger charge is 2.31. The smallest absolute Gasteiger partial charge is 0.240 e. The molecule has 0 saturated heterocycles. The van der Waals surface area contributed by atoms with Gasteiger partial charge < -0.3 is 10.8 Å². The number of benzene rings is 1. The van der Waals surface area contributed by atoms with Crippen LogP contribution in [0.3, 0.4) is 0 Å². The average molecular weight is 444 g/mol. The van der Waals surface area contributed by atoms with Crippen molar-refractivity contribution in [2.24, 2.45) is 0 Å². The molecule has 0 spiro atoms. The molecule has 31 heavy (non-hydrogen) atoms. The summed E-state index contributed by atoms with van der Waals surface area (Å²) in [6.45, 7) is 2.04. The molecule has 3 aromatic rings. The second-order valence-corrected chi connectivity index (χ2v) is 9.63. The molecule has 11 heteroatoms. The first kappa shape index (κ1) is 21.3. The van der Waals surface area contributed by atoms with Crippen LogP contribution in [0, 0.1) is 6.92 Å². The molecule has 0 radical (unpaired) electrons. The van der Waals surface area contributed by atoms with Crippen LogP contribution < -0.4 is 10.5 Å². The Labute approximate surface area is 180 Å². The van der Waals surface area contributed by atoms with Crippen LogP contribution in [0.4, 0.5) is 5.82 Å². The highest BCUT2D eigenvalue weighted by molar-refractivity contribution is 7.89. The van der Waals surface area contributed by atoms with Crippen LogP contribution in [0.15, 0.2) is 41.9 Å². The predicted octanol–water partition coefficient (Wildman–Crippen LogP) is 1.59. The summed E-state index contributed by atoms with van der Waals surface area (Å²) in [6, 6.07) is 4.84. The lowest BCUT2D eigenvalue weighted by Crippen LogP contribution is -2.33. The highest BCUT2D eigenvalue weighted by Crippen LogP contribution is 2.32. The normalized spacial score (nSPS) is 15.9. The van der Waals surface area contributed by atoms with Gasteiger partial charge in [0.2, 0.25) is 10.0 Å². The number of aliphatic hydroxyl groups is 1. The van der Waals surface area contributed by atoms with Gasteiger partial charge >= 0.3 is 0 Å². The van der Waals surface area contributed by atoms with Crippen LogP contribution in [-0.4, -0.2) is 50.4 Å². The van der Waals surface area contributed by atoms with Gasteiger partial charge in [0, 0.05) is 12.1 Å². The molecule has 1 aliphatic carbocycles. The molecule has 4 N–H and O–H groups in total. The standard InChI is InChI=1S/C20H25N7O3S/c1-14-4-5-15(31(29,30)25-9-8-20(28)6-2-3-7-20)10-16(14)17-11-23-18(21)19(26-17)27-13-22-12-24-27/h4-5,10-13,25,28H,2-3,6-9H2,1H3,(H2,21,23). The molecular formula is C20H25N7O3S. The third-order valence-electron chi connectivity index (χ3n) is 5.63. The number of hydrogen-bond donors (Lipinski definition) is 3. The van der Waals surface area contributed by atoms with Crippen LogP contribution >= 0.6 is 0 Å². The number of nitrogens with two attached hydrogens (primary N) is 1. The van der Waals surface area contributed by atoms with Crippen molar-refractivity contribution >= 4 is 15.8 Å². The zero-order valence-electron chi connectivity index (χ0n) is 17.2. The lowest BCUT2D eigenvalue weighted by Gasteiger charge is -2.22. The Morgan fingerprint density at radius 1 is 1.29 bits per heavy atom. The third kappa shape index (κ3) is 4.58. The number of rotatable bonds is 7. The van der Waals surface area contributed by atoms with Gasteiger partial charge in [0.25, 0.3) is 0 Å². The summed E-state index contributed by atoms with van der Waals surface area (Å²) in [5, 5.41) is 14.5. The summed E-state index contributed by atoms with van der Waals surface area (Å²) in [4.78, 5) is 12.7. The van der Waals surface area contributed by atoms with Gasteiger partial charge in [-0.15, -0.1) is 0 Å². The van der Waals surface area contributed by atoms with E-state index in [1.165, 1.54) is 23.5 Å². The summed E-state index contributed by atoms with van der Waals surface area (Å²) >= 11 is 0. The molecular weight excluding hydrogens is 418 g/mol. The van der Waals surface area contributed by atoms with Crippen molar-refractivity contribution in [2.75, 3.05) is 12.3 Å². The number of anilines is 1. The van der Waals surface area contributed by atoms with Crippen LogP contribution in [0.25, 0.3) is 17.1 Å². The van der Waals surface area contributed by atoms with E-state index in [1.54, 1.807) is 18.2 Å². The van der Waals surface area contributed by atoms with Crippen molar-refractivity contribution in [3.63, 3.8) is 0 Å². The first-order valence-electron chi connectivity index (χ1n) is 10.1. The summed E-state index contributed by atoms with van der Waals surface area (Å²) < 4.78 is 29.7. The van der Waals surface area contributed by atoms with Crippen molar-refractivity contribution < 1.29 is 13.5 Å². The molecule has 4 rings (SSSR count). The molecule has 164 valence electrons. The van der Waals surface area contributed by atoms with Gasteiger partial charge in [-0.05, 0) is 43.9 Å². The average Bonchev–Trinajstić information content (AvgIpc) is 3.41. The van der Waals surface area contributed by atoms with Gasteiger partial charge in [0.15, 0.2) is 11.6 Å². The first-order chi connectivity index (χ1) is 14.8. The first-order valence-corrected chi connectivity index (χ1v) is 11.6. The number of nitrogen functional groups attached to an aromatic ring is 1. The number of hydrogen-bond acceptors (Lipinski definition) is 8. The van der Waals surface area contributed by atoms with Gasteiger partial charge in [0.05, 0.1) is 22.4 Å². The van der Waals surface area contributed by atoms with Crippen LogP contribution in [0.2, 0.25) is 0 Å². The largest absolute Gasteiger partial charge is 0.390 e. The Balaban J connectivity index is 1.59. The third-order valence-corrected chi connectivity index (χ3v) is 7.09. The minimum absolute atomic E-state index is 0.118. The molecule has 0 bridgehead atoms. The molecule has 2 heterocycles. The van der Waals surface area contributed by atoms with E-state index in [9.17, 15) is 13.5 Å². The van der Waals surface area contributed by atoms with Gasteiger partial charge in [-0.2, -0.15) is 9.78 Å². The van der Waals surface area contributed by atoms with Crippen LogP contribution in [0.1, 0.15) is 37.7 Å². The Morgan fingerprint density at radius 2 is 2.06 bits per heavy atom. The van der Waals surface area contributed by atoms with Crippen LogP contribution in [0.5, 0.6) is 0 Å². The zero-order chi connectivity index (χ0) is 22.1. The van der Waals surface area contributed by atoms with E-state index in [0.717, 1.165) is 18.4 Å². The SMILES string of the molecule is Cc1ccc(S(=O)(=O)NCCC2(O)CCCC2)cc1-c1cnc(N)c(-n2cncn2)n1. The molecule has 1 fully saturated rings. The number of nitrogens with one attached hydrogen (secondary N) is 1. The minimum Gasteiger partial charge on any atom is -0.390 e. The Morgan fingerprint density at radius 3 is 2.77 bits per heavy atom. The van der Waals surface area contributed by atoms with Crippen LogP contribution in [-0.2, 0) is 10.0 Å². The monoisotopic (exact) mass is 443 g/mol. The molecule has 10 nitrogen and oxygen atoms in total. The summed E-state index contributed by atoms with van der Waals surface area (Å²) in [6.07, 6.45) is 8.10. The molecule has 0 aliphatic heterocycles. The maximum atomic E-state index is 12.8. The van der Waals surface area contributed by atoms with Crippen molar-refractivity contribution in [1.82, 2.24) is 29.5 Å². The van der Waals surface area contributed by atoms with Crippen molar-refractivity contribution in [2.45, 2.75) is 49.5 Å². The van der Waals surface area contributed by atoms with E-state index in [2.05, 4.69) is 24.8 Å². The number of aryl methyl sites for hydroxylation is 1. The zero-order valence-corrected chi connectivity index (χ0v) is 18.0. The Bertz CT molecular complexity index is 1170. The molecule has 0 atom stereocenters. The van der Waals surface area contributed by atoms with E-state index in [1.807, 2.05) is 6.92 Å². The Kier molecular flexibility index (Phi) is 5.73. The highest BCUT2D eigenvalue weighted by atomic mass is 32.2. The number of nitrogens with zero attached hydrogens (tertiary/aromatic N) is 5. The van der Waals surface area contributed by atoms with E-state index in [-0.39, 0.29) is 17.3 Å². The summed E-state index contributed by atoms with van der Waals surface area (Å²) in [7, 11) is -3.75. The van der Waals surface area contributed by atoms with Crippen molar-refractivity contribution in [3.8, 4) is 17.1 Å².